The molecule has 2 saturated heterocycles. The van der Waals surface area contributed by atoms with Gasteiger partial charge >= 0.3 is 5.97 Å². The molecule has 0 saturated carbocycles. The Morgan fingerprint density at radius 2 is 1.60 bits per heavy atom. The van der Waals surface area contributed by atoms with E-state index in [0.717, 1.165) is 4.31 Å². The molecule has 2 heterocycles. The number of aliphatic carboxylic acids is 1. The largest absolute Gasteiger partial charge is 0.481 e. The van der Waals surface area contributed by atoms with Gasteiger partial charge in [-0.05, 0) is 61.4 Å². The third kappa shape index (κ3) is 5.15. The summed E-state index contributed by atoms with van der Waals surface area (Å²) in [5.41, 5.74) is -0.130. The first kappa shape index (κ1) is 25.0. The quantitative estimate of drug-likeness (QED) is 0.347. The number of sulfonamides is 1. The normalized spacial score (nSPS) is 23.7. The topological polar surface area (TPSA) is 142 Å². The summed E-state index contributed by atoms with van der Waals surface area (Å²) in [6.45, 7) is -0.474. The first-order valence-electron chi connectivity index (χ1n) is 11.0. The average molecular weight is 509 g/mol. The van der Waals surface area contributed by atoms with Crippen LogP contribution >= 0.6 is 0 Å². The van der Waals surface area contributed by atoms with Crippen molar-refractivity contribution in [2.75, 3.05) is 6.54 Å². The van der Waals surface area contributed by atoms with E-state index in [1.807, 2.05) is 0 Å². The van der Waals surface area contributed by atoms with Crippen molar-refractivity contribution < 1.29 is 42.2 Å². The van der Waals surface area contributed by atoms with Crippen LogP contribution in [0.5, 0.6) is 11.5 Å². The van der Waals surface area contributed by atoms with Gasteiger partial charge in [-0.1, -0.05) is 0 Å². The van der Waals surface area contributed by atoms with Crippen LogP contribution in [0.25, 0.3) is 0 Å². The van der Waals surface area contributed by atoms with Gasteiger partial charge in [0.05, 0.1) is 23.5 Å². The van der Waals surface area contributed by atoms with Gasteiger partial charge in [0, 0.05) is 19.4 Å². The maximum absolute atomic E-state index is 13.8. The molecular formula is C23H25FN2O8S. The molecule has 3 N–H and O–H groups in total. The second kappa shape index (κ2) is 9.90. The number of benzene rings is 2. The van der Waals surface area contributed by atoms with Crippen molar-refractivity contribution in [3.8, 4) is 11.5 Å². The van der Waals surface area contributed by atoms with Crippen LogP contribution < -0.4 is 10.2 Å². The number of nitrogens with one attached hydrogen (secondary N) is 1. The Morgan fingerprint density at radius 1 is 1.06 bits per heavy atom. The lowest BCUT2D eigenvalue weighted by atomic mass is 9.85. The molecule has 2 aromatic carbocycles. The molecule has 0 aliphatic carbocycles. The van der Waals surface area contributed by atoms with E-state index in [0.29, 0.717) is 24.3 Å². The Hall–Kier alpha value is -3.06. The molecule has 0 spiro atoms. The van der Waals surface area contributed by atoms with E-state index < -0.39 is 46.2 Å². The standard InChI is InChI=1S/C23H25FN2O8S/c24-15-1-3-16(4-2-15)33-17-7-9-20(10-8-17)35(31,32)26(12-11-21(27)28)23(22(29)25-30)13-18-5-6-19(14-23)34-18/h1-4,7-10,18-19,30H,5-6,11-14H2,(H,25,29)(H,27,28)/t18-,19+,23?. The molecule has 2 aliphatic heterocycles. The Balaban J connectivity index is 1.67. The van der Waals surface area contributed by atoms with Crippen LogP contribution in [0.3, 0.4) is 0 Å². The van der Waals surface area contributed by atoms with Crippen molar-refractivity contribution >= 4 is 21.9 Å². The van der Waals surface area contributed by atoms with Crippen LogP contribution in [-0.4, -0.2) is 59.2 Å². The molecule has 3 atom stereocenters. The van der Waals surface area contributed by atoms with E-state index in [4.69, 9.17) is 9.47 Å². The lowest BCUT2D eigenvalue weighted by Gasteiger charge is -2.45. The molecule has 12 heteroatoms. The van der Waals surface area contributed by atoms with Crippen molar-refractivity contribution in [1.82, 2.24) is 9.79 Å². The number of amides is 1. The number of carboxylic acids is 1. The summed E-state index contributed by atoms with van der Waals surface area (Å²) >= 11 is 0. The van der Waals surface area contributed by atoms with Crippen LogP contribution in [0.2, 0.25) is 0 Å². The van der Waals surface area contributed by atoms with Crippen LogP contribution in [0.4, 0.5) is 4.39 Å². The summed E-state index contributed by atoms with van der Waals surface area (Å²) in [6, 6.07) is 10.6. The second-order valence-corrected chi connectivity index (χ2v) is 10.4. The number of hydrogen-bond acceptors (Lipinski definition) is 7. The van der Waals surface area contributed by atoms with E-state index >= 15 is 0 Å². The van der Waals surface area contributed by atoms with E-state index in [1.165, 1.54) is 48.5 Å². The third-order valence-corrected chi connectivity index (χ3v) is 8.30. The first-order chi connectivity index (χ1) is 16.6. The van der Waals surface area contributed by atoms with Gasteiger partial charge in [-0.3, -0.25) is 14.8 Å². The minimum Gasteiger partial charge on any atom is -0.481 e. The third-order valence-electron chi connectivity index (χ3n) is 6.32. The van der Waals surface area contributed by atoms with E-state index in [9.17, 15) is 32.7 Å². The maximum atomic E-state index is 13.8. The molecule has 4 rings (SSSR count). The highest BCUT2D eigenvalue weighted by atomic mass is 32.2. The van der Waals surface area contributed by atoms with Gasteiger partial charge in [-0.2, -0.15) is 4.31 Å². The van der Waals surface area contributed by atoms with Crippen LogP contribution in [0, 0.1) is 5.82 Å². The molecule has 0 aromatic heterocycles. The molecule has 10 nitrogen and oxygen atoms in total. The lowest BCUT2D eigenvalue weighted by molar-refractivity contribution is -0.151. The number of fused-ring (bicyclic) bond motifs is 2. The summed E-state index contributed by atoms with van der Waals surface area (Å²) < 4.78 is 52.9. The molecule has 2 fully saturated rings. The fourth-order valence-corrected chi connectivity index (χ4v) is 6.49. The number of halogens is 1. The van der Waals surface area contributed by atoms with Crippen molar-refractivity contribution in [2.24, 2.45) is 0 Å². The van der Waals surface area contributed by atoms with Crippen LogP contribution in [0.15, 0.2) is 53.4 Å². The SMILES string of the molecule is O=C(O)CCN(C1(C(=O)NO)C[C@H]2CC[C@@H](C1)O2)S(=O)(=O)c1ccc(Oc2ccc(F)cc2)cc1. The molecule has 188 valence electrons. The molecule has 2 aromatic rings. The van der Waals surface area contributed by atoms with Crippen LogP contribution in [-0.2, 0) is 24.3 Å². The first-order valence-corrected chi connectivity index (χ1v) is 12.5. The molecule has 1 amide bonds. The second-order valence-electron chi connectivity index (χ2n) is 8.59. The molecule has 1 unspecified atom stereocenters. The van der Waals surface area contributed by atoms with Crippen molar-refractivity contribution in [1.29, 1.82) is 0 Å². The monoisotopic (exact) mass is 508 g/mol. The number of hydroxylamine groups is 1. The zero-order valence-corrected chi connectivity index (χ0v) is 19.4. The predicted octanol–water partition coefficient (Wildman–Crippen LogP) is 2.67. The van der Waals surface area contributed by atoms with Gasteiger partial charge in [0.1, 0.15) is 22.9 Å². The number of nitrogens with zero attached hydrogens (tertiary/aromatic N) is 1. The van der Waals surface area contributed by atoms with E-state index in [-0.39, 0.29) is 29.9 Å². The zero-order valence-electron chi connectivity index (χ0n) is 18.6. The Bertz CT molecular complexity index is 1180. The highest BCUT2D eigenvalue weighted by Crippen LogP contribution is 2.44. The van der Waals surface area contributed by atoms with Crippen molar-refractivity contribution in [3.05, 3.63) is 54.3 Å². The average Bonchev–Trinajstić information content (AvgIpc) is 3.18. The summed E-state index contributed by atoms with van der Waals surface area (Å²) in [5, 5.41) is 18.7. The van der Waals surface area contributed by atoms with E-state index in [1.54, 1.807) is 5.48 Å². The lowest BCUT2D eigenvalue weighted by Crippen LogP contribution is -2.64. The van der Waals surface area contributed by atoms with Crippen LogP contribution in [0.1, 0.15) is 32.1 Å². The Morgan fingerprint density at radius 3 is 2.11 bits per heavy atom. The summed E-state index contributed by atoms with van der Waals surface area (Å²) in [6.07, 6.45) is -0.0799. The predicted molar refractivity (Wildman–Crippen MR) is 119 cm³/mol. The van der Waals surface area contributed by atoms with Gasteiger partial charge in [-0.15, -0.1) is 0 Å². The van der Waals surface area contributed by atoms with Gasteiger partial charge in [0.2, 0.25) is 10.0 Å². The summed E-state index contributed by atoms with van der Waals surface area (Å²) in [4.78, 5) is 24.1. The highest BCUT2D eigenvalue weighted by molar-refractivity contribution is 7.89. The minimum absolute atomic E-state index is 0.0134. The molecule has 0 radical (unpaired) electrons. The number of carboxylic acid groups (broad SMARTS) is 1. The minimum atomic E-state index is -4.39. The van der Waals surface area contributed by atoms with Gasteiger partial charge in [-0.25, -0.2) is 18.3 Å². The maximum Gasteiger partial charge on any atom is 0.304 e. The number of rotatable bonds is 9. The fourth-order valence-electron chi connectivity index (χ4n) is 4.73. The zero-order chi connectivity index (χ0) is 25.2. The molecular weight excluding hydrogens is 483 g/mol. The summed E-state index contributed by atoms with van der Waals surface area (Å²) in [7, 11) is -4.39. The number of ether oxygens (including phenoxy) is 2. The number of hydrogen-bond donors (Lipinski definition) is 3. The molecule has 35 heavy (non-hydrogen) atoms. The van der Waals surface area contributed by atoms with Gasteiger partial charge in [0.15, 0.2) is 0 Å². The van der Waals surface area contributed by atoms with Crippen molar-refractivity contribution in [3.63, 3.8) is 0 Å². The highest BCUT2D eigenvalue weighted by Gasteiger charge is 2.56. The molecule has 2 aliphatic rings. The number of carbonyl (C=O) groups excluding carboxylic acids is 1. The Kier molecular flexibility index (Phi) is 7.08. The summed E-state index contributed by atoms with van der Waals surface area (Å²) in [5.74, 6) is -1.95. The fraction of sp³-hybridized carbons (Fsp3) is 0.391. The van der Waals surface area contributed by atoms with Gasteiger partial charge < -0.3 is 14.6 Å². The van der Waals surface area contributed by atoms with E-state index in [2.05, 4.69) is 0 Å². The smallest absolute Gasteiger partial charge is 0.304 e. The number of carbonyl (C=O) groups is 2. The Labute approximate surface area is 201 Å². The molecule has 2 bridgehead atoms. The van der Waals surface area contributed by atoms with Gasteiger partial charge in [0.25, 0.3) is 5.91 Å². The van der Waals surface area contributed by atoms with Crippen molar-refractivity contribution in [2.45, 2.75) is 54.7 Å².